The second-order valence-corrected chi connectivity index (χ2v) is 4.70. The van der Waals surface area contributed by atoms with Gasteiger partial charge >= 0.3 is 0 Å². The first-order chi connectivity index (χ1) is 8.13. The fourth-order valence-corrected chi connectivity index (χ4v) is 2.50. The van der Waals surface area contributed by atoms with Crippen LogP contribution in [-0.4, -0.2) is 16.1 Å². The average molecular weight is 249 g/mol. The lowest BCUT2D eigenvalue weighted by Crippen LogP contribution is -2.13. The van der Waals surface area contributed by atoms with Crippen LogP contribution in [0.25, 0.3) is 0 Å². The summed E-state index contributed by atoms with van der Waals surface area (Å²) in [5, 5.41) is 13.7. The van der Waals surface area contributed by atoms with Crippen LogP contribution in [-0.2, 0) is 6.42 Å². The number of hydrogen-bond donors (Lipinski definition) is 2. The van der Waals surface area contributed by atoms with Crippen LogP contribution < -0.4 is 5.32 Å². The number of carbonyl (C=O) groups excluding carboxylic acids is 1. The lowest BCUT2D eigenvalue weighted by Gasteiger charge is -2.02. The number of aryl methyl sites for hydroxylation is 2. The predicted octanol–water partition coefficient (Wildman–Crippen LogP) is 2.90. The fraction of sp³-hybridized carbons (Fsp3) is 0.333. The highest BCUT2D eigenvalue weighted by Gasteiger charge is 2.14. The van der Waals surface area contributed by atoms with Crippen molar-refractivity contribution in [1.82, 2.24) is 10.2 Å². The molecular weight excluding hydrogens is 234 g/mol. The normalized spacial score (nSPS) is 10.5. The number of nitrogens with zero attached hydrogens (tertiary/aromatic N) is 1. The Hall–Kier alpha value is -1.62. The highest BCUT2D eigenvalue weighted by molar-refractivity contribution is 7.08. The van der Waals surface area contributed by atoms with E-state index in [2.05, 4.69) is 22.4 Å². The van der Waals surface area contributed by atoms with Gasteiger partial charge in [0.05, 0.1) is 5.56 Å². The van der Waals surface area contributed by atoms with Gasteiger partial charge in [-0.25, -0.2) is 0 Å². The van der Waals surface area contributed by atoms with Crippen molar-refractivity contribution in [2.24, 2.45) is 0 Å². The summed E-state index contributed by atoms with van der Waals surface area (Å²) in [5.74, 6) is 0.526. The number of amides is 1. The predicted molar refractivity (Wildman–Crippen MR) is 69.7 cm³/mol. The molecule has 0 unspecified atom stereocenters. The van der Waals surface area contributed by atoms with E-state index in [1.807, 2.05) is 24.6 Å². The largest absolute Gasteiger partial charge is 0.305 e. The third-order valence-corrected chi connectivity index (χ3v) is 3.66. The molecule has 2 aromatic heterocycles. The molecule has 90 valence electrons. The second kappa shape index (κ2) is 4.71. The lowest BCUT2D eigenvalue weighted by molar-refractivity contribution is 0.102. The monoisotopic (exact) mass is 249 g/mol. The van der Waals surface area contributed by atoms with Gasteiger partial charge in [0.1, 0.15) is 0 Å². The fourth-order valence-electron chi connectivity index (χ4n) is 1.67. The van der Waals surface area contributed by atoms with Crippen molar-refractivity contribution in [3.8, 4) is 0 Å². The molecule has 0 aromatic carbocycles. The lowest BCUT2D eigenvalue weighted by atomic mass is 10.2. The van der Waals surface area contributed by atoms with E-state index < -0.39 is 0 Å². The Morgan fingerprint density at radius 1 is 1.47 bits per heavy atom. The van der Waals surface area contributed by atoms with E-state index in [0.717, 1.165) is 28.8 Å². The Balaban J connectivity index is 2.19. The highest BCUT2D eigenvalue weighted by Crippen LogP contribution is 2.19. The summed E-state index contributed by atoms with van der Waals surface area (Å²) >= 11 is 1.53. The second-order valence-electron chi connectivity index (χ2n) is 3.95. The molecule has 0 fully saturated rings. The van der Waals surface area contributed by atoms with Crippen LogP contribution in [0.1, 0.15) is 34.1 Å². The number of aromatic amines is 1. The maximum Gasteiger partial charge on any atom is 0.257 e. The van der Waals surface area contributed by atoms with Gasteiger partial charge in [0.15, 0.2) is 5.82 Å². The third kappa shape index (κ3) is 2.24. The summed E-state index contributed by atoms with van der Waals surface area (Å²) in [6.07, 6.45) is 0.881. The van der Waals surface area contributed by atoms with E-state index in [4.69, 9.17) is 0 Å². The van der Waals surface area contributed by atoms with Gasteiger partial charge in [-0.2, -0.15) is 16.4 Å². The minimum absolute atomic E-state index is 0.0963. The maximum absolute atomic E-state index is 12.0. The molecule has 0 radical (unpaired) electrons. The molecule has 0 saturated carbocycles. The number of aromatic nitrogens is 2. The number of thiophene rings is 1. The highest BCUT2D eigenvalue weighted by atomic mass is 32.1. The first kappa shape index (κ1) is 11.9. The first-order valence-electron chi connectivity index (χ1n) is 5.51. The Kier molecular flexibility index (Phi) is 3.28. The van der Waals surface area contributed by atoms with E-state index in [1.54, 1.807) is 0 Å². The van der Waals surface area contributed by atoms with Crippen molar-refractivity contribution in [3.63, 3.8) is 0 Å². The summed E-state index contributed by atoms with van der Waals surface area (Å²) in [6.45, 7) is 5.94. The van der Waals surface area contributed by atoms with Gasteiger partial charge in [-0.3, -0.25) is 9.89 Å². The quantitative estimate of drug-likeness (QED) is 0.878. The number of anilines is 1. The molecule has 0 spiro atoms. The molecule has 1 amide bonds. The van der Waals surface area contributed by atoms with Crippen LogP contribution in [0.2, 0.25) is 0 Å². The van der Waals surface area contributed by atoms with Crippen LogP contribution in [0.4, 0.5) is 5.82 Å². The summed E-state index contributed by atoms with van der Waals surface area (Å²) in [6, 6.07) is 0. The molecule has 0 saturated heterocycles. The van der Waals surface area contributed by atoms with Gasteiger partial charge in [-0.1, -0.05) is 6.92 Å². The Morgan fingerprint density at radius 2 is 2.24 bits per heavy atom. The van der Waals surface area contributed by atoms with E-state index >= 15 is 0 Å². The summed E-state index contributed by atoms with van der Waals surface area (Å²) in [7, 11) is 0. The van der Waals surface area contributed by atoms with Gasteiger partial charge in [-0.15, -0.1) is 0 Å². The topological polar surface area (TPSA) is 57.8 Å². The smallest absolute Gasteiger partial charge is 0.257 e. The Morgan fingerprint density at radius 3 is 2.76 bits per heavy atom. The zero-order chi connectivity index (χ0) is 12.4. The molecule has 2 N–H and O–H groups in total. The van der Waals surface area contributed by atoms with Crippen LogP contribution in [0.5, 0.6) is 0 Å². The number of hydrogen-bond acceptors (Lipinski definition) is 3. The SMILES string of the molecule is CCc1[nH]nc(NC(=O)c2cscc2C)c1C. The first-order valence-corrected chi connectivity index (χ1v) is 6.45. The van der Waals surface area contributed by atoms with Crippen LogP contribution in [0.3, 0.4) is 0 Å². The number of H-pyrrole nitrogens is 1. The van der Waals surface area contributed by atoms with Crippen LogP contribution >= 0.6 is 11.3 Å². The van der Waals surface area contributed by atoms with Crippen molar-refractivity contribution >= 4 is 23.1 Å². The summed E-state index contributed by atoms with van der Waals surface area (Å²) < 4.78 is 0. The molecule has 0 aliphatic heterocycles. The molecule has 0 bridgehead atoms. The van der Waals surface area contributed by atoms with Gasteiger partial charge in [-0.05, 0) is 31.2 Å². The molecule has 5 heteroatoms. The van der Waals surface area contributed by atoms with Crippen molar-refractivity contribution in [3.05, 3.63) is 33.1 Å². The van der Waals surface area contributed by atoms with E-state index in [9.17, 15) is 4.79 Å². The van der Waals surface area contributed by atoms with Crippen molar-refractivity contribution in [2.75, 3.05) is 5.32 Å². The molecule has 2 rings (SSSR count). The van der Waals surface area contributed by atoms with Gasteiger partial charge < -0.3 is 5.32 Å². The van der Waals surface area contributed by atoms with E-state index in [1.165, 1.54) is 11.3 Å². The van der Waals surface area contributed by atoms with Crippen LogP contribution in [0, 0.1) is 13.8 Å². The van der Waals surface area contributed by atoms with Crippen molar-refractivity contribution in [2.45, 2.75) is 27.2 Å². The number of rotatable bonds is 3. The average Bonchev–Trinajstić information content (AvgIpc) is 2.87. The molecule has 17 heavy (non-hydrogen) atoms. The number of carbonyl (C=O) groups is 1. The molecular formula is C12H15N3OS. The third-order valence-electron chi connectivity index (χ3n) is 2.80. The molecule has 0 atom stereocenters. The molecule has 2 aromatic rings. The number of nitrogens with one attached hydrogen (secondary N) is 2. The molecule has 0 aliphatic carbocycles. The maximum atomic E-state index is 12.0. The van der Waals surface area contributed by atoms with Gasteiger partial charge in [0, 0.05) is 16.6 Å². The summed E-state index contributed by atoms with van der Waals surface area (Å²) in [4.78, 5) is 12.0. The Bertz CT molecular complexity index is 542. The van der Waals surface area contributed by atoms with E-state index in [0.29, 0.717) is 5.82 Å². The Labute approximate surface area is 104 Å². The van der Waals surface area contributed by atoms with Crippen molar-refractivity contribution in [1.29, 1.82) is 0 Å². The minimum atomic E-state index is -0.0963. The minimum Gasteiger partial charge on any atom is -0.305 e. The zero-order valence-corrected chi connectivity index (χ0v) is 10.9. The van der Waals surface area contributed by atoms with Gasteiger partial charge in [0.2, 0.25) is 0 Å². The van der Waals surface area contributed by atoms with Crippen LogP contribution in [0.15, 0.2) is 10.8 Å². The van der Waals surface area contributed by atoms with Crippen molar-refractivity contribution < 1.29 is 4.79 Å². The standard InChI is InChI=1S/C12H15N3OS/c1-4-10-8(3)11(15-14-10)13-12(16)9-6-17-5-7(9)2/h5-6H,4H2,1-3H3,(H2,13,14,15,16). The molecule has 2 heterocycles. The zero-order valence-electron chi connectivity index (χ0n) is 10.1. The molecule has 4 nitrogen and oxygen atoms in total. The van der Waals surface area contributed by atoms with E-state index in [-0.39, 0.29) is 5.91 Å². The molecule has 0 aliphatic rings. The summed E-state index contributed by atoms with van der Waals surface area (Å²) in [5.41, 5.74) is 3.78. The van der Waals surface area contributed by atoms with Gasteiger partial charge in [0.25, 0.3) is 5.91 Å².